The Balaban J connectivity index is 2.22. The van der Waals surface area contributed by atoms with Crippen molar-refractivity contribution in [3.8, 4) is 0 Å². The molecule has 21 heavy (non-hydrogen) atoms. The summed E-state index contributed by atoms with van der Waals surface area (Å²) in [6.45, 7) is 4.69. The van der Waals surface area contributed by atoms with Crippen molar-refractivity contribution in [2.45, 2.75) is 20.3 Å². The van der Waals surface area contributed by atoms with Crippen molar-refractivity contribution in [2.24, 2.45) is 0 Å². The van der Waals surface area contributed by atoms with Gasteiger partial charge in [-0.15, -0.1) is 0 Å². The number of benzene rings is 2. The normalized spacial score (nSPS) is 10.2. The second-order valence-corrected chi connectivity index (χ2v) is 4.91. The maximum atomic E-state index is 13.7. The van der Waals surface area contributed by atoms with E-state index in [-0.39, 0.29) is 11.6 Å². The summed E-state index contributed by atoms with van der Waals surface area (Å²) >= 11 is 0. The van der Waals surface area contributed by atoms with Crippen LogP contribution in [-0.4, -0.2) is 12.5 Å². The van der Waals surface area contributed by atoms with E-state index >= 15 is 0 Å². The van der Waals surface area contributed by atoms with E-state index in [1.807, 2.05) is 19.1 Å². The van der Waals surface area contributed by atoms with Crippen LogP contribution in [0, 0.1) is 12.7 Å². The predicted octanol–water partition coefficient (Wildman–Crippen LogP) is 4.21. The Morgan fingerprint density at radius 1 is 1.14 bits per heavy atom. The molecule has 0 saturated carbocycles. The van der Waals surface area contributed by atoms with Gasteiger partial charge in [0.25, 0.3) is 5.91 Å². The lowest BCUT2D eigenvalue weighted by Gasteiger charge is -2.12. The lowest BCUT2D eigenvalue weighted by atomic mass is 10.1. The molecule has 0 atom stereocenters. The van der Waals surface area contributed by atoms with Crippen molar-refractivity contribution in [1.29, 1.82) is 0 Å². The first-order valence-corrected chi connectivity index (χ1v) is 7.02. The third kappa shape index (κ3) is 3.81. The van der Waals surface area contributed by atoms with Gasteiger partial charge in [-0.2, -0.15) is 0 Å². The SMILES string of the molecule is CCCNc1ccccc1C(=O)Nc1cc(C)ccc1F. The van der Waals surface area contributed by atoms with Crippen LogP contribution in [0.3, 0.4) is 0 Å². The Morgan fingerprint density at radius 3 is 2.67 bits per heavy atom. The van der Waals surface area contributed by atoms with Gasteiger partial charge < -0.3 is 10.6 Å². The van der Waals surface area contributed by atoms with Crippen molar-refractivity contribution in [1.82, 2.24) is 0 Å². The van der Waals surface area contributed by atoms with E-state index in [2.05, 4.69) is 17.6 Å². The number of anilines is 2. The van der Waals surface area contributed by atoms with E-state index in [0.29, 0.717) is 5.56 Å². The van der Waals surface area contributed by atoms with Gasteiger partial charge in [-0.1, -0.05) is 25.1 Å². The van der Waals surface area contributed by atoms with Gasteiger partial charge in [0.1, 0.15) is 5.82 Å². The van der Waals surface area contributed by atoms with Crippen LogP contribution in [0.5, 0.6) is 0 Å². The predicted molar refractivity (Wildman–Crippen MR) is 84.3 cm³/mol. The highest BCUT2D eigenvalue weighted by molar-refractivity contribution is 6.08. The zero-order valence-corrected chi connectivity index (χ0v) is 12.2. The lowest BCUT2D eigenvalue weighted by Crippen LogP contribution is -2.16. The number of hydrogen-bond donors (Lipinski definition) is 2. The van der Waals surface area contributed by atoms with Gasteiger partial charge >= 0.3 is 0 Å². The van der Waals surface area contributed by atoms with Gasteiger partial charge in [0, 0.05) is 12.2 Å². The molecule has 0 aliphatic heterocycles. The summed E-state index contributed by atoms with van der Waals surface area (Å²) in [5.74, 6) is -0.758. The number of nitrogens with one attached hydrogen (secondary N) is 2. The van der Waals surface area contributed by atoms with Gasteiger partial charge in [-0.05, 0) is 43.2 Å². The Morgan fingerprint density at radius 2 is 1.90 bits per heavy atom. The highest BCUT2D eigenvalue weighted by Crippen LogP contribution is 2.20. The molecule has 0 spiro atoms. The first kappa shape index (κ1) is 15.0. The summed E-state index contributed by atoms with van der Waals surface area (Å²) in [6.07, 6.45) is 0.961. The van der Waals surface area contributed by atoms with E-state index in [4.69, 9.17) is 0 Å². The number of hydrogen-bond acceptors (Lipinski definition) is 2. The third-order valence-electron chi connectivity index (χ3n) is 3.11. The van der Waals surface area contributed by atoms with E-state index in [1.165, 1.54) is 6.07 Å². The monoisotopic (exact) mass is 286 g/mol. The number of amides is 1. The van der Waals surface area contributed by atoms with E-state index in [9.17, 15) is 9.18 Å². The van der Waals surface area contributed by atoms with Crippen molar-refractivity contribution < 1.29 is 9.18 Å². The van der Waals surface area contributed by atoms with E-state index < -0.39 is 5.82 Å². The molecule has 0 fully saturated rings. The fourth-order valence-corrected chi connectivity index (χ4v) is 2.02. The summed E-state index contributed by atoms with van der Waals surface area (Å²) in [4.78, 5) is 12.3. The molecule has 0 aliphatic rings. The first-order chi connectivity index (χ1) is 10.1. The molecule has 0 saturated heterocycles. The molecular weight excluding hydrogens is 267 g/mol. The summed E-state index contributed by atoms with van der Waals surface area (Å²) in [7, 11) is 0. The minimum Gasteiger partial charge on any atom is -0.384 e. The maximum absolute atomic E-state index is 13.7. The Labute approximate surface area is 124 Å². The fraction of sp³-hybridized carbons (Fsp3) is 0.235. The molecular formula is C17H19FN2O. The average molecular weight is 286 g/mol. The quantitative estimate of drug-likeness (QED) is 0.864. The molecule has 2 aromatic rings. The van der Waals surface area contributed by atoms with Gasteiger partial charge in [-0.3, -0.25) is 4.79 Å². The molecule has 0 radical (unpaired) electrons. The van der Waals surface area contributed by atoms with Crippen LogP contribution in [-0.2, 0) is 0 Å². The highest BCUT2D eigenvalue weighted by Gasteiger charge is 2.13. The van der Waals surface area contributed by atoms with Crippen LogP contribution >= 0.6 is 0 Å². The Hall–Kier alpha value is -2.36. The number of carbonyl (C=O) groups excluding carboxylic acids is 1. The van der Waals surface area contributed by atoms with Gasteiger partial charge in [0.05, 0.1) is 11.3 Å². The lowest BCUT2D eigenvalue weighted by molar-refractivity contribution is 0.102. The molecule has 4 heteroatoms. The molecule has 110 valence electrons. The van der Waals surface area contributed by atoms with Crippen LogP contribution in [0.15, 0.2) is 42.5 Å². The Kier molecular flexibility index (Phi) is 4.93. The van der Waals surface area contributed by atoms with Crippen molar-refractivity contribution in [3.05, 3.63) is 59.4 Å². The molecule has 3 nitrogen and oxygen atoms in total. The highest BCUT2D eigenvalue weighted by atomic mass is 19.1. The Bertz CT molecular complexity index is 640. The molecule has 0 bridgehead atoms. The number of carbonyl (C=O) groups is 1. The molecule has 1 amide bonds. The molecule has 0 aromatic heterocycles. The number of aryl methyl sites for hydroxylation is 1. The second kappa shape index (κ2) is 6.88. The zero-order chi connectivity index (χ0) is 15.2. The first-order valence-electron chi connectivity index (χ1n) is 7.02. The summed E-state index contributed by atoms with van der Waals surface area (Å²) < 4.78 is 13.7. The van der Waals surface area contributed by atoms with Crippen molar-refractivity contribution >= 4 is 17.3 Å². The topological polar surface area (TPSA) is 41.1 Å². The van der Waals surface area contributed by atoms with E-state index in [0.717, 1.165) is 24.2 Å². The molecule has 2 aromatic carbocycles. The summed E-state index contributed by atoms with van der Waals surface area (Å²) in [5.41, 5.74) is 2.35. The van der Waals surface area contributed by atoms with Crippen molar-refractivity contribution in [3.63, 3.8) is 0 Å². The average Bonchev–Trinajstić information content (AvgIpc) is 2.49. The zero-order valence-electron chi connectivity index (χ0n) is 12.2. The molecule has 0 aliphatic carbocycles. The van der Waals surface area contributed by atoms with E-state index in [1.54, 1.807) is 24.3 Å². The van der Waals surface area contributed by atoms with Crippen molar-refractivity contribution in [2.75, 3.05) is 17.2 Å². The summed E-state index contributed by atoms with van der Waals surface area (Å²) in [6, 6.07) is 11.9. The van der Waals surface area contributed by atoms with Crippen LogP contribution in [0.1, 0.15) is 29.3 Å². The van der Waals surface area contributed by atoms with Crippen LogP contribution in [0.4, 0.5) is 15.8 Å². The van der Waals surface area contributed by atoms with Crippen LogP contribution < -0.4 is 10.6 Å². The van der Waals surface area contributed by atoms with Gasteiger partial charge in [0.15, 0.2) is 0 Å². The van der Waals surface area contributed by atoms with Gasteiger partial charge in [-0.25, -0.2) is 4.39 Å². The number of halogens is 1. The standard InChI is InChI=1S/C17H19FN2O/c1-3-10-19-15-7-5-4-6-13(15)17(21)20-16-11-12(2)8-9-14(16)18/h4-9,11,19H,3,10H2,1-2H3,(H,20,21). The molecule has 0 heterocycles. The maximum Gasteiger partial charge on any atom is 0.257 e. The van der Waals surface area contributed by atoms with Crippen LogP contribution in [0.25, 0.3) is 0 Å². The van der Waals surface area contributed by atoms with Gasteiger partial charge in [0.2, 0.25) is 0 Å². The third-order valence-corrected chi connectivity index (χ3v) is 3.11. The fourth-order valence-electron chi connectivity index (χ4n) is 2.02. The molecule has 2 N–H and O–H groups in total. The minimum atomic E-state index is -0.437. The molecule has 0 unspecified atom stereocenters. The smallest absolute Gasteiger partial charge is 0.257 e. The molecule has 2 rings (SSSR count). The largest absolute Gasteiger partial charge is 0.384 e. The minimum absolute atomic E-state index is 0.199. The number of para-hydroxylation sites is 1. The number of rotatable bonds is 5. The summed E-state index contributed by atoms with van der Waals surface area (Å²) in [5, 5.41) is 5.83. The van der Waals surface area contributed by atoms with Crippen LogP contribution in [0.2, 0.25) is 0 Å². The second-order valence-electron chi connectivity index (χ2n) is 4.91.